The number of nitrogens with zero attached hydrogens (tertiary/aromatic N) is 1. The zero-order valence-corrected chi connectivity index (χ0v) is 18.2. The fourth-order valence-corrected chi connectivity index (χ4v) is 3.79. The second-order valence-electron chi connectivity index (χ2n) is 8.11. The van der Waals surface area contributed by atoms with Gasteiger partial charge in [0.05, 0.1) is 6.04 Å². The standard InChI is InChI=1S/C27H30FNO2/c1-21(2)26(25(28)27(30)31-20-24-16-10-5-11-17-24)29(18-22-12-6-3-7-13-22)19-23-14-8-4-9-15-23/h3-17,21,25-26H,18-20H2,1-2H3. The molecular weight excluding hydrogens is 389 g/mol. The van der Waals surface area contributed by atoms with Gasteiger partial charge in [0.2, 0.25) is 6.17 Å². The number of benzene rings is 3. The van der Waals surface area contributed by atoms with Crippen LogP contribution in [0.5, 0.6) is 0 Å². The number of carbonyl (C=O) groups excluding carboxylic acids is 1. The van der Waals surface area contributed by atoms with E-state index in [1.807, 2.05) is 110 Å². The fourth-order valence-electron chi connectivity index (χ4n) is 3.79. The third-order valence-corrected chi connectivity index (χ3v) is 5.31. The fraction of sp³-hybridized carbons (Fsp3) is 0.296. The smallest absolute Gasteiger partial charge is 0.342 e. The largest absolute Gasteiger partial charge is 0.459 e. The van der Waals surface area contributed by atoms with Crippen LogP contribution in [0.15, 0.2) is 91.0 Å². The summed E-state index contributed by atoms with van der Waals surface area (Å²) in [5, 5.41) is 0. The van der Waals surface area contributed by atoms with E-state index in [0.29, 0.717) is 13.1 Å². The second-order valence-corrected chi connectivity index (χ2v) is 8.11. The highest BCUT2D eigenvalue weighted by atomic mass is 19.1. The number of hydrogen-bond acceptors (Lipinski definition) is 3. The molecule has 0 aliphatic heterocycles. The lowest BCUT2D eigenvalue weighted by atomic mass is 9.96. The van der Waals surface area contributed by atoms with Crippen LogP contribution in [0.1, 0.15) is 30.5 Å². The van der Waals surface area contributed by atoms with E-state index in [2.05, 4.69) is 0 Å². The van der Waals surface area contributed by atoms with E-state index in [1.165, 1.54) is 0 Å². The van der Waals surface area contributed by atoms with Gasteiger partial charge in [-0.15, -0.1) is 0 Å². The lowest BCUT2D eigenvalue weighted by Gasteiger charge is -2.36. The first kappa shape index (κ1) is 22.7. The van der Waals surface area contributed by atoms with Gasteiger partial charge in [-0.2, -0.15) is 0 Å². The summed E-state index contributed by atoms with van der Waals surface area (Å²) in [5.74, 6) is -0.889. The van der Waals surface area contributed by atoms with E-state index >= 15 is 4.39 Å². The Morgan fingerprint density at radius 3 is 1.61 bits per heavy atom. The number of esters is 1. The molecule has 3 aromatic rings. The highest BCUT2D eigenvalue weighted by Gasteiger charge is 2.36. The molecule has 0 fully saturated rings. The maximum absolute atomic E-state index is 15.6. The molecule has 0 bridgehead atoms. The van der Waals surface area contributed by atoms with Crippen molar-refractivity contribution in [2.75, 3.05) is 0 Å². The van der Waals surface area contributed by atoms with Crippen molar-refractivity contribution in [3.63, 3.8) is 0 Å². The summed E-state index contributed by atoms with van der Waals surface area (Å²) < 4.78 is 20.9. The van der Waals surface area contributed by atoms with Gasteiger partial charge in [-0.05, 0) is 22.6 Å². The summed E-state index contributed by atoms with van der Waals surface area (Å²) in [7, 11) is 0. The quantitative estimate of drug-likeness (QED) is 0.389. The Hall–Kier alpha value is -2.98. The molecule has 31 heavy (non-hydrogen) atoms. The number of rotatable bonds is 10. The Balaban J connectivity index is 1.78. The van der Waals surface area contributed by atoms with Crippen LogP contribution in [0.2, 0.25) is 0 Å². The lowest BCUT2D eigenvalue weighted by Crippen LogP contribution is -2.48. The van der Waals surface area contributed by atoms with Gasteiger partial charge < -0.3 is 4.74 Å². The second kappa shape index (κ2) is 11.4. The third kappa shape index (κ3) is 6.76. The molecule has 0 amide bonds. The van der Waals surface area contributed by atoms with E-state index in [0.717, 1.165) is 16.7 Å². The molecule has 2 atom stereocenters. The average Bonchev–Trinajstić information content (AvgIpc) is 2.79. The zero-order chi connectivity index (χ0) is 22.1. The van der Waals surface area contributed by atoms with Gasteiger partial charge in [0.15, 0.2) is 0 Å². The normalized spacial score (nSPS) is 13.2. The van der Waals surface area contributed by atoms with Gasteiger partial charge in [0.1, 0.15) is 6.61 Å². The zero-order valence-electron chi connectivity index (χ0n) is 18.2. The third-order valence-electron chi connectivity index (χ3n) is 5.31. The van der Waals surface area contributed by atoms with Crippen LogP contribution in [0.4, 0.5) is 4.39 Å². The average molecular weight is 420 g/mol. The molecule has 162 valence electrons. The van der Waals surface area contributed by atoms with E-state index in [1.54, 1.807) is 0 Å². The van der Waals surface area contributed by atoms with Crippen LogP contribution in [0.25, 0.3) is 0 Å². The summed E-state index contributed by atoms with van der Waals surface area (Å²) in [5.41, 5.74) is 3.00. The van der Waals surface area contributed by atoms with Gasteiger partial charge >= 0.3 is 5.97 Å². The van der Waals surface area contributed by atoms with E-state index in [9.17, 15) is 4.79 Å². The summed E-state index contributed by atoms with van der Waals surface area (Å²) in [6, 6.07) is 28.7. The van der Waals surface area contributed by atoms with E-state index < -0.39 is 18.2 Å². The van der Waals surface area contributed by atoms with Crippen molar-refractivity contribution in [2.24, 2.45) is 5.92 Å². The molecule has 0 aromatic heterocycles. The molecule has 0 aliphatic carbocycles. The molecule has 0 saturated carbocycles. The number of alkyl halides is 1. The minimum Gasteiger partial charge on any atom is -0.459 e. The molecule has 0 saturated heterocycles. The van der Waals surface area contributed by atoms with Crippen molar-refractivity contribution < 1.29 is 13.9 Å². The van der Waals surface area contributed by atoms with Crippen LogP contribution in [0, 0.1) is 5.92 Å². The maximum atomic E-state index is 15.6. The monoisotopic (exact) mass is 419 g/mol. The SMILES string of the molecule is CC(C)C(C(F)C(=O)OCc1ccccc1)N(Cc1ccccc1)Cc1ccccc1. The first-order valence-electron chi connectivity index (χ1n) is 10.7. The van der Waals surface area contributed by atoms with Crippen molar-refractivity contribution in [2.45, 2.75) is 45.8 Å². The molecule has 3 aromatic carbocycles. The first-order valence-corrected chi connectivity index (χ1v) is 10.7. The molecule has 3 nitrogen and oxygen atoms in total. The van der Waals surface area contributed by atoms with Gasteiger partial charge in [-0.25, -0.2) is 9.18 Å². The van der Waals surface area contributed by atoms with Gasteiger partial charge in [-0.1, -0.05) is 105 Å². The predicted octanol–water partition coefficient (Wildman–Crippen LogP) is 5.79. The molecule has 4 heteroatoms. The highest BCUT2D eigenvalue weighted by Crippen LogP contribution is 2.24. The van der Waals surface area contributed by atoms with Gasteiger partial charge in [0.25, 0.3) is 0 Å². The van der Waals surface area contributed by atoms with Crippen molar-refractivity contribution >= 4 is 5.97 Å². The molecule has 0 aliphatic rings. The Bertz CT molecular complexity index is 874. The molecule has 3 rings (SSSR count). The molecular formula is C27H30FNO2. The molecule has 0 spiro atoms. The number of halogens is 1. The highest BCUT2D eigenvalue weighted by molar-refractivity contribution is 5.75. The number of hydrogen-bond donors (Lipinski definition) is 0. The van der Waals surface area contributed by atoms with Gasteiger partial charge in [-0.3, -0.25) is 4.90 Å². The number of carbonyl (C=O) groups is 1. The Morgan fingerprint density at radius 2 is 1.19 bits per heavy atom. The summed E-state index contributed by atoms with van der Waals surface area (Å²) in [4.78, 5) is 14.7. The lowest BCUT2D eigenvalue weighted by molar-refractivity contribution is -0.155. The summed E-state index contributed by atoms with van der Waals surface area (Å²) in [6.07, 6.45) is -1.74. The van der Waals surface area contributed by atoms with E-state index in [-0.39, 0.29) is 12.5 Å². The van der Waals surface area contributed by atoms with Crippen molar-refractivity contribution in [1.82, 2.24) is 4.90 Å². The van der Waals surface area contributed by atoms with Crippen LogP contribution in [0.3, 0.4) is 0 Å². The minimum absolute atomic E-state index is 0.0717. The predicted molar refractivity (Wildman–Crippen MR) is 122 cm³/mol. The van der Waals surface area contributed by atoms with Crippen LogP contribution >= 0.6 is 0 Å². The Labute approximate surface area is 184 Å². The molecule has 0 heterocycles. The van der Waals surface area contributed by atoms with Crippen LogP contribution < -0.4 is 0 Å². The van der Waals surface area contributed by atoms with Gasteiger partial charge in [0, 0.05) is 13.1 Å². The first-order chi connectivity index (χ1) is 15.0. The Kier molecular flexibility index (Phi) is 8.36. The van der Waals surface area contributed by atoms with Crippen LogP contribution in [-0.4, -0.2) is 23.1 Å². The van der Waals surface area contributed by atoms with Crippen LogP contribution in [-0.2, 0) is 29.2 Å². The summed E-state index contributed by atoms with van der Waals surface area (Å²) in [6.45, 7) is 5.06. The van der Waals surface area contributed by atoms with Crippen molar-refractivity contribution in [3.8, 4) is 0 Å². The minimum atomic E-state index is -1.74. The van der Waals surface area contributed by atoms with Crippen molar-refractivity contribution in [3.05, 3.63) is 108 Å². The summed E-state index contributed by atoms with van der Waals surface area (Å²) >= 11 is 0. The topological polar surface area (TPSA) is 29.5 Å². The Morgan fingerprint density at radius 1 is 0.774 bits per heavy atom. The van der Waals surface area contributed by atoms with Crippen molar-refractivity contribution in [1.29, 1.82) is 0 Å². The molecule has 0 N–H and O–H groups in total. The maximum Gasteiger partial charge on any atom is 0.342 e. The van der Waals surface area contributed by atoms with E-state index in [4.69, 9.17) is 4.74 Å². The molecule has 0 radical (unpaired) electrons. The molecule has 2 unspecified atom stereocenters. The number of ether oxygens (including phenoxy) is 1.